The number of carbonyl (C=O) groups is 2. The van der Waals surface area contributed by atoms with Gasteiger partial charge >= 0.3 is 0 Å². The molecule has 2 unspecified atom stereocenters. The molecule has 0 spiro atoms. The third-order valence-corrected chi connectivity index (χ3v) is 7.47. The van der Waals surface area contributed by atoms with Gasteiger partial charge in [0.1, 0.15) is 12.6 Å². The number of nitrogens with one attached hydrogen (secondary N) is 1. The first-order valence-corrected chi connectivity index (χ1v) is 13.8. The van der Waals surface area contributed by atoms with Crippen LogP contribution in [0.25, 0.3) is 0 Å². The van der Waals surface area contributed by atoms with Crippen molar-refractivity contribution < 1.29 is 26.8 Å². The van der Waals surface area contributed by atoms with E-state index >= 15 is 0 Å². The molecule has 0 bridgehead atoms. The minimum atomic E-state index is -4.08. The van der Waals surface area contributed by atoms with Gasteiger partial charge in [0.15, 0.2) is 11.6 Å². The normalized spacial score (nSPS) is 13.1. The van der Waals surface area contributed by atoms with Crippen LogP contribution in [-0.2, 0) is 26.2 Å². The fourth-order valence-corrected chi connectivity index (χ4v) is 4.61. The molecule has 2 aromatic carbocycles. The predicted molar refractivity (Wildman–Crippen MR) is 138 cm³/mol. The number of sulfonamides is 1. The van der Waals surface area contributed by atoms with Crippen molar-refractivity contribution in [3.63, 3.8) is 0 Å². The van der Waals surface area contributed by atoms with Crippen LogP contribution in [0.15, 0.2) is 36.4 Å². The molecular weight excluding hydrogens is 535 g/mol. The van der Waals surface area contributed by atoms with Gasteiger partial charge in [-0.25, -0.2) is 17.2 Å². The molecule has 36 heavy (non-hydrogen) atoms. The first-order chi connectivity index (χ1) is 16.8. The van der Waals surface area contributed by atoms with Crippen molar-refractivity contribution in [3.8, 4) is 0 Å². The van der Waals surface area contributed by atoms with E-state index in [-0.39, 0.29) is 29.7 Å². The van der Waals surface area contributed by atoms with E-state index in [1.807, 2.05) is 13.8 Å². The summed E-state index contributed by atoms with van der Waals surface area (Å²) in [5, 5.41) is 3.40. The molecule has 198 valence electrons. The van der Waals surface area contributed by atoms with Gasteiger partial charge in [0.2, 0.25) is 21.8 Å². The summed E-state index contributed by atoms with van der Waals surface area (Å²) in [6.45, 7) is 4.64. The molecule has 0 heterocycles. The van der Waals surface area contributed by atoms with E-state index in [2.05, 4.69) is 5.32 Å². The maximum absolute atomic E-state index is 13.9. The van der Waals surface area contributed by atoms with Crippen LogP contribution in [0.5, 0.6) is 0 Å². The van der Waals surface area contributed by atoms with Crippen molar-refractivity contribution in [3.05, 3.63) is 63.6 Å². The minimum absolute atomic E-state index is 0.0719. The first kappa shape index (κ1) is 29.8. The van der Waals surface area contributed by atoms with Gasteiger partial charge in [-0.3, -0.25) is 13.9 Å². The quantitative estimate of drug-likeness (QED) is 0.427. The molecule has 0 aliphatic rings. The summed E-state index contributed by atoms with van der Waals surface area (Å²) in [4.78, 5) is 27.9. The Hall–Kier alpha value is -2.43. The Balaban J connectivity index is 2.48. The lowest BCUT2D eigenvalue weighted by Gasteiger charge is -2.33. The molecule has 0 saturated heterocycles. The number of hydrogen-bond acceptors (Lipinski definition) is 4. The lowest BCUT2D eigenvalue weighted by atomic mass is 10.1. The molecule has 0 aliphatic carbocycles. The lowest BCUT2D eigenvalue weighted by Crippen LogP contribution is -2.53. The predicted octanol–water partition coefficient (Wildman–Crippen LogP) is 4.76. The zero-order valence-corrected chi connectivity index (χ0v) is 22.7. The van der Waals surface area contributed by atoms with Gasteiger partial charge < -0.3 is 10.2 Å². The SMILES string of the molecule is CCC(C)NC(=O)C(CC)N(Cc1ccc(Cl)c(Cl)c1)C(=O)CN(c1ccc(F)c(F)c1)S(C)(=O)=O. The lowest BCUT2D eigenvalue weighted by molar-refractivity contribution is -0.140. The van der Waals surface area contributed by atoms with Gasteiger partial charge in [0.05, 0.1) is 22.0 Å². The Labute approximate surface area is 220 Å². The highest BCUT2D eigenvalue weighted by molar-refractivity contribution is 7.92. The summed E-state index contributed by atoms with van der Waals surface area (Å²) in [5.41, 5.74) is 0.336. The van der Waals surface area contributed by atoms with Gasteiger partial charge in [-0.05, 0) is 49.6 Å². The molecule has 0 aromatic heterocycles. The van der Waals surface area contributed by atoms with E-state index in [0.717, 1.165) is 18.4 Å². The van der Waals surface area contributed by atoms with Crippen molar-refractivity contribution in [1.29, 1.82) is 0 Å². The van der Waals surface area contributed by atoms with Crippen LogP contribution in [0.4, 0.5) is 14.5 Å². The number of carbonyl (C=O) groups excluding carboxylic acids is 2. The minimum Gasteiger partial charge on any atom is -0.352 e. The van der Waals surface area contributed by atoms with Crippen molar-refractivity contribution in [2.24, 2.45) is 0 Å². The van der Waals surface area contributed by atoms with Crippen molar-refractivity contribution in [1.82, 2.24) is 10.2 Å². The van der Waals surface area contributed by atoms with E-state index in [1.165, 1.54) is 4.90 Å². The van der Waals surface area contributed by atoms with Gasteiger partial charge in [-0.15, -0.1) is 0 Å². The molecule has 0 aliphatic heterocycles. The highest BCUT2D eigenvalue weighted by Gasteiger charge is 2.32. The summed E-state index contributed by atoms with van der Waals surface area (Å²) in [6.07, 6.45) is 1.75. The van der Waals surface area contributed by atoms with Crippen LogP contribution in [0.2, 0.25) is 10.0 Å². The fraction of sp³-hybridized carbons (Fsp3) is 0.417. The van der Waals surface area contributed by atoms with E-state index in [9.17, 15) is 26.8 Å². The van der Waals surface area contributed by atoms with Crippen LogP contribution >= 0.6 is 23.2 Å². The van der Waals surface area contributed by atoms with Crippen LogP contribution in [0, 0.1) is 11.6 Å². The van der Waals surface area contributed by atoms with Crippen molar-refractivity contribution >= 4 is 50.7 Å². The van der Waals surface area contributed by atoms with Gasteiger partial charge in [-0.2, -0.15) is 0 Å². The van der Waals surface area contributed by atoms with Gasteiger partial charge in [-0.1, -0.05) is 43.1 Å². The first-order valence-electron chi connectivity index (χ1n) is 11.2. The van der Waals surface area contributed by atoms with E-state index in [1.54, 1.807) is 25.1 Å². The number of amides is 2. The Bertz CT molecular complexity index is 1210. The maximum Gasteiger partial charge on any atom is 0.244 e. The smallest absolute Gasteiger partial charge is 0.244 e. The molecule has 2 amide bonds. The number of anilines is 1. The molecule has 12 heteroatoms. The standard InChI is InChI=1S/C24H29Cl2F2N3O4S/c1-5-15(3)29-24(33)22(6-2)30(13-16-7-9-18(25)19(26)11-16)23(32)14-31(36(4,34)35)17-8-10-20(27)21(28)12-17/h7-12,15,22H,5-6,13-14H2,1-4H3,(H,29,33). The molecule has 0 fully saturated rings. The molecular formula is C24H29Cl2F2N3O4S. The van der Waals surface area contributed by atoms with Gasteiger partial charge in [0, 0.05) is 18.7 Å². The van der Waals surface area contributed by atoms with E-state index in [0.29, 0.717) is 27.4 Å². The van der Waals surface area contributed by atoms with Crippen molar-refractivity contribution in [2.45, 2.75) is 52.2 Å². The van der Waals surface area contributed by atoms with E-state index < -0.39 is 46.1 Å². The zero-order valence-electron chi connectivity index (χ0n) is 20.4. The third kappa shape index (κ3) is 7.78. The second-order valence-corrected chi connectivity index (χ2v) is 11.1. The van der Waals surface area contributed by atoms with Crippen LogP contribution in [0.1, 0.15) is 39.2 Å². The second-order valence-electron chi connectivity index (χ2n) is 8.38. The number of hydrogen-bond donors (Lipinski definition) is 1. The summed E-state index contributed by atoms with van der Waals surface area (Å²) in [7, 11) is -4.08. The maximum atomic E-state index is 13.9. The van der Waals surface area contributed by atoms with Crippen LogP contribution < -0.4 is 9.62 Å². The van der Waals surface area contributed by atoms with E-state index in [4.69, 9.17) is 23.2 Å². The van der Waals surface area contributed by atoms with Gasteiger partial charge in [0.25, 0.3) is 0 Å². The third-order valence-electron chi connectivity index (χ3n) is 5.59. The highest BCUT2D eigenvalue weighted by Crippen LogP contribution is 2.25. The summed E-state index contributed by atoms with van der Waals surface area (Å²) >= 11 is 12.1. The molecule has 2 rings (SSSR count). The zero-order chi connectivity index (χ0) is 27.2. The average molecular weight is 564 g/mol. The molecule has 2 atom stereocenters. The summed E-state index contributed by atoms with van der Waals surface area (Å²) < 4.78 is 53.0. The molecule has 0 radical (unpaired) electrons. The van der Waals surface area contributed by atoms with Crippen LogP contribution in [0.3, 0.4) is 0 Å². The monoisotopic (exact) mass is 563 g/mol. The Kier molecular flexibility index (Phi) is 10.5. The van der Waals surface area contributed by atoms with Crippen molar-refractivity contribution in [2.75, 3.05) is 17.1 Å². The number of nitrogens with zero attached hydrogens (tertiary/aromatic N) is 2. The average Bonchev–Trinajstić information content (AvgIpc) is 2.80. The largest absolute Gasteiger partial charge is 0.352 e. The number of rotatable bonds is 11. The molecule has 0 saturated carbocycles. The second kappa shape index (κ2) is 12.7. The number of halogens is 4. The highest BCUT2D eigenvalue weighted by atomic mass is 35.5. The molecule has 7 nitrogen and oxygen atoms in total. The fourth-order valence-electron chi connectivity index (χ4n) is 3.45. The number of benzene rings is 2. The topological polar surface area (TPSA) is 86.8 Å². The Morgan fingerprint density at radius 1 is 1.00 bits per heavy atom. The van der Waals surface area contributed by atoms with Crippen LogP contribution in [-0.4, -0.2) is 50.0 Å². The summed E-state index contributed by atoms with van der Waals surface area (Å²) in [6, 6.07) is 6.17. The Morgan fingerprint density at radius 2 is 1.67 bits per heavy atom. The Morgan fingerprint density at radius 3 is 2.19 bits per heavy atom. The molecule has 1 N–H and O–H groups in total. The summed E-state index contributed by atoms with van der Waals surface area (Å²) in [5.74, 6) is -3.55. The molecule has 2 aromatic rings.